The molecule has 0 saturated heterocycles. The number of methoxy groups -OCH3 is 1. The van der Waals surface area contributed by atoms with Crippen LogP contribution in [0.3, 0.4) is 0 Å². The van der Waals surface area contributed by atoms with E-state index >= 15 is 0 Å². The lowest BCUT2D eigenvalue weighted by molar-refractivity contribution is 0.0520. The molecule has 0 fully saturated rings. The zero-order valence-electron chi connectivity index (χ0n) is 16.7. The van der Waals surface area contributed by atoms with Crippen molar-refractivity contribution in [2.75, 3.05) is 13.7 Å². The number of benzene rings is 1. The molecule has 0 amide bonds. The molecule has 7 heteroatoms. The predicted molar refractivity (Wildman–Crippen MR) is 108 cm³/mol. The van der Waals surface area contributed by atoms with Gasteiger partial charge in [-0.1, -0.05) is 23.4 Å². The maximum atomic E-state index is 12.5. The van der Waals surface area contributed by atoms with Crippen LogP contribution in [0.25, 0.3) is 11.4 Å². The molecule has 0 radical (unpaired) electrons. The molecule has 1 aliphatic carbocycles. The van der Waals surface area contributed by atoms with Gasteiger partial charge in [-0.05, 0) is 61.9 Å². The van der Waals surface area contributed by atoms with Gasteiger partial charge in [0.15, 0.2) is 5.69 Å². The van der Waals surface area contributed by atoms with Crippen molar-refractivity contribution in [2.24, 2.45) is 0 Å². The van der Waals surface area contributed by atoms with Gasteiger partial charge >= 0.3 is 5.97 Å². The summed E-state index contributed by atoms with van der Waals surface area (Å²) in [6.45, 7) is 2.52. The summed E-state index contributed by atoms with van der Waals surface area (Å²) in [7, 11) is 1.64. The molecule has 150 valence electrons. The molecule has 1 aliphatic rings. The summed E-state index contributed by atoms with van der Waals surface area (Å²) in [5.41, 5.74) is 4.89. The first-order valence-corrected chi connectivity index (χ1v) is 9.92. The summed E-state index contributed by atoms with van der Waals surface area (Å²) in [5.74, 6) is 0.305. The third kappa shape index (κ3) is 3.99. The Balaban J connectivity index is 1.74. The van der Waals surface area contributed by atoms with Crippen molar-refractivity contribution in [3.05, 3.63) is 58.9 Å². The van der Waals surface area contributed by atoms with E-state index in [1.807, 2.05) is 30.3 Å². The number of nitrogens with zero attached hydrogens (tertiary/aromatic N) is 4. The maximum absolute atomic E-state index is 12.5. The molecule has 2 heterocycles. The predicted octanol–water partition coefficient (Wildman–Crippen LogP) is 3.45. The summed E-state index contributed by atoms with van der Waals surface area (Å²) < 4.78 is 12.1. The number of carbonyl (C=O) groups excluding carboxylic acids is 1. The Morgan fingerprint density at radius 3 is 2.66 bits per heavy atom. The van der Waals surface area contributed by atoms with Crippen LogP contribution >= 0.6 is 0 Å². The van der Waals surface area contributed by atoms with Crippen LogP contribution in [0.4, 0.5) is 0 Å². The quantitative estimate of drug-likeness (QED) is 0.598. The number of rotatable bonds is 6. The average molecular weight is 392 g/mol. The van der Waals surface area contributed by atoms with Crippen LogP contribution in [-0.4, -0.2) is 39.7 Å². The molecule has 0 aliphatic heterocycles. The molecule has 7 nitrogen and oxygen atoms in total. The molecule has 0 unspecified atom stereocenters. The lowest BCUT2D eigenvalue weighted by Gasteiger charge is -2.16. The Labute approximate surface area is 169 Å². The summed E-state index contributed by atoms with van der Waals surface area (Å²) >= 11 is 0. The molecule has 0 bridgehead atoms. The smallest absolute Gasteiger partial charge is 0.361 e. The number of aryl methyl sites for hydroxylation is 2. The fourth-order valence-electron chi connectivity index (χ4n) is 3.63. The van der Waals surface area contributed by atoms with Crippen LogP contribution < -0.4 is 4.74 Å². The van der Waals surface area contributed by atoms with Gasteiger partial charge < -0.3 is 9.47 Å². The topological polar surface area (TPSA) is 79.1 Å². The van der Waals surface area contributed by atoms with Gasteiger partial charge in [-0.15, -0.1) is 5.10 Å². The SMILES string of the molecule is CCOC(=O)c1nnn(Cc2ccc(OC)cc2)c1-c1ccc2c(n1)CCCC2. The van der Waals surface area contributed by atoms with E-state index in [2.05, 4.69) is 16.4 Å². The fraction of sp³-hybridized carbons (Fsp3) is 0.364. The molecule has 0 N–H and O–H groups in total. The van der Waals surface area contributed by atoms with Gasteiger partial charge in [0.25, 0.3) is 0 Å². The van der Waals surface area contributed by atoms with Gasteiger partial charge in [0.05, 0.1) is 26.0 Å². The first-order chi connectivity index (χ1) is 14.2. The highest BCUT2D eigenvalue weighted by Crippen LogP contribution is 2.27. The van der Waals surface area contributed by atoms with Crippen molar-refractivity contribution in [2.45, 2.75) is 39.2 Å². The van der Waals surface area contributed by atoms with Gasteiger partial charge in [-0.25, -0.2) is 9.48 Å². The van der Waals surface area contributed by atoms with Crippen molar-refractivity contribution >= 4 is 5.97 Å². The first-order valence-electron chi connectivity index (χ1n) is 9.92. The molecular formula is C22H24N4O3. The molecule has 4 rings (SSSR count). The average Bonchev–Trinajstić information content (AvgIpc) is 3.17. The normalized spacial score (nSPS) is 13.0. The second-order valence-electron chi connectivity index (χ2n) is 7.02. The van der Waals surface area contributed by atoms with Crippen molar-refractivity contribution in [1.29, 1.82) is 0 Å². The van der Waals surface area contributed by atoms with Gasteiger partial charge in [0.1, 0.15) is 11.4 Å². The molecule has 3 aromatic rings. The second kappa shape index (κ2) is 8.43. The largest absolute Gasteiger partial charge is 0.497 e. The van der Waals surface area contributed by atoms with Crippen LogP contribution in [0.2, 0.25) is 0 Å². The standard InChI is InChI=1S/C22H24N4O3/c1-3-29-22(27)20-21(19-13-10-16-6-4-5-7-18(16)23-19)26(25-24-20)14-15-8-11-17(28-2)12-9-15/h8-13H,3-7,14H2,1-2H3. The molecule has 29 heavy (non-hydrogen) atoms. The van der Waals surface area contributed by atoms with E-state index in [-0.39, 0.29) is 12.3 Å². The summed E-state index contributed by atoms with van der Waals surface area (Å²) in [4.78, 5) is 17.4. The lowest BCUT2D eigenvalue weighted by atomic mass is 9.95. The number of ether oxygens (including phenoxy) is 2. The summed E-state index contributed by atoms with van der Waals surface area (Å²) in [6.07, 6.45) is 4.34. The number of hydrogen-bond donors (Lipinski definition) is 0. The van der Waals surface area contributed by atoms with Crippen molar-refractivity contribution in [3.8, 4) is 17.1 Å². The highest BCUT2D eigenvalue weighted by molar-refractivity contribution is 5.93. The zero-order valence-corrected chi connectivity index (χ0v) is 16.7. The van der Waals surface area contributed by atoms with E-state index in [1.54, 1.807) is 18.7 Å². The zero-order chi connectivity index (χ0) is 20.2. The monoisotopic (exact) mass is 392 g/mol. The van der Waals surface area contributed by atoms with E-state index in [9.17, 15) is 4.79 Å². The van der Waals surface area contributed by atoms with E-state index in [1.165, 1.54) is 12.0 Å². The Bertz CT molecular complexity index is 1010. The number of aromatic nitrogens is 4. The third-order valence-corrected chi connectivity index (χ3v) is 5.12. The van der Waals surface area contributed by atoms with Crippen molar-refractivity contribution < 1.29 is 14.3 Å². The van der Waals surface area contributed by atoms with E-state index < -0.39 is 5.97 Å². The number of carbonyl (C=O) groups is 1. The highest BCUT2D eigenvalue weighted by Gasteiger charge is 2.24. The van der Waals surface area contributed by atoms with Gasteiger partial charge in [0, 0.05) is 5.69 Å². The van der Waals surface area contributed by atoms with Crippen molar-refractivity contribution in [1.82, 2.24) is 20.0 Å². The second-order valence-corrected chi connectivity index (χ2v) is 7.02. The minimum atomic E-state index is -0.483. The summed E-state index contributed by atoms with van der Waals surface area (Å²) in [6, 6.07) is 11.8. The van der Waals surface area contributed by atoms with Crippen LogP contribution in [0.5, 0.6) is 5.75 Å². The molecule has 1 aromatic carbocycles. The number of pyridine rings is 1. The lowest BCUT2D eigenvalue weighted by Crippen LogP contribution is -2.11. The molecule has 0 spiro atoms. The van der Waals surface area contributed by atoms with Crippen molar-refractivity contribution in [3.63, 3.8) is 0 Å². The fourth-order valence-corrected chi connectivity index (χ4v) is 3.63. The van der Waals surface area contributed by atoms with Crippen LogP contribution in [0.1, 0.15) is 47.1 Å². The molecule has 0 saturated carbocycles. The molecule has 0 atom stereocenters. The van der Waals surface area contributed by atoms with Gasteiger partial charge in [-0.2, -0.15) is 0 Å². The Morgan fingerprint density at radius 1 is 1.10 bits per heavy atom. The van der Waals surface area contributed by atoms with E-state index in [4.69, 9.17) is 14.5 Å². The van der Waals surface area contributed by atoms with Gasteiger partial charge in [0.2, 0.25) is 0 Å². The Kier molecular flexibility index (Phi) is 5.55. The minimum Gasteiger partial charge on any atom is -0.497 e. The Morgan fingerprint density at radius 2 is 1.90 bits per heavy atom. The van der Waals surface area contributed by atoms with E-state index in [0.717, 1.165) is 36.3 Å². The minimum absolute atomic E-state index is 0.198. The molecule has 2 aromatic heterocycles. The number of fused-ring (bicyclic) bond motifs is 1. The number of hydrogen-bond acceptors (Lipinski definition) is 6. The third-order valence-electron chi connectivity index (χ3n) is 5.12. The van der Waals surface area contributed by atoms with Crippen LogP contribution in [0, 0.1) is 0 Å². The van der Waals surface area contributed by atoms with Crippen LogP contribution in [0.15, 0.2) is 36.4 Å². The summed E-state index contributed by atoms with van der Waals surface area (Å²) in [5, 5.41) is 8.37. The number of esters is 1. The van der Waals surface area contributed by atoms with E-state index in [0.29, 0.717) is 17.9 Å². The maximum Gasteiger partial charge on any atom is 0.361 e. The van der Waals surface area contributed by atoms with Gasteiger partial charge in [-0.3, -0.25) is 4.98 Å². The first kappa shape index (κ1) is 19.1. The molecular weight excluding hydrogens is 368 g/mol. The highest BCUT2D eigenvalue weighted by atomic mass is 16.5. The van der Waals surface area contributed by atoms with Crippen LogP contribution in [-0.2, 0) is 24.1 Å². The Hall–Kier alpha value is -3.22.